The molecule has 0 radical (unpaired) electrons. The first-order chi connectivity index (χ1) is 7.91. The van der Waals surface area contributed by atoms with Crippen molar-refractivity contribution < 1.29 is 13.2 Å². The number of hydrogen-bond donors (Lipinski definition) is 1. The molecule has 1 aliphatic heterocycles. The van der Waals surface area contributed by atoms with E-state index >= 15 is 0 Å². The number of sulfonamides is 1. The lowest BCUT2D eigenvalue weighted by Gasteiger charge is -2.32. The van der Waals surface area contributed by atoms with Crippen LogP contribution in [0.5, 0.6) is 0 Å². The summed E-state index contributed by atoms with van der Waals surface area (Å²) in [6, 6.07) is -0.00264. The van der Waals surface area contributed by atoms with E-state index in [4.69, 9.17) is 22.7 Å². The molecule has 1 unspecified atom stereocenters. The van der Waals surface area contributed by atoms with Gasteiger partial charge in [-0.25, -0.2) is 12.7 Å². The summed E-state index contributed by atoms with van der Waals surface area (Å²) in [5.41, 5.74) is 5.50. The van der Waals surface area contributed by atoms with Crippen LogP contribution in [0.2, 0.25) is 0 Å². The summed E-state index contributed by atoms with van der Waals surface area (Å²) in [5, 5.41) is -0.759. The summed E-state index contributed by atoms with van der Waals surface area (Å²) >= 11 is 4.83. The van der Waals surface area contributed by atoms with E-state index in [1.54, 1.807) is 14.0 Å². The Morgan fingerprint density at radius 3 is 2.47 bits per heavy atom. The third-order valence-electron chi connectivity index (χ3n) is 3.15. The topological polar surface area (TPSA) is 72.6 Å². The van der Waals surface area contributed by atoms with Gasteiger partial charge in [-0.15, -0.1) is 0 Å². The standard InChI is InChI=1S/C10H20N2O3S2/c1-3-9(10(11)16)17(13,14)12(2)8-4-6-15-7-5-8/h8-9H,3-7H2,1-2H3,(H2,11,16). The van der Waals surface area contributed by atoms with Crippen molar-refractivity contribution in [2.45, 2.75) is 37.5 Å². The second-order valence-electron chi connectivity index (χ2n) is 4.20. The highest BCUT2D eigenvalue weighted by atomic mass is 32.2. The molecule has 2 N–H and O–H groups in total. The van der Waals surface area contributed by atoms with Gasteiger partial charge >= 0.3 is 0 Å². The predicted octanol–water partition coefficient (Wildman–Crippen LogP) is 0.492. The number of nitrogens with two attached hydrogens (primary N) is 1. The van der Waals surface area contributed by atoms with Crippen molar-refractivity contribution in [1.82, 2.24) is 4.31 Å². The molecular weight excluding hydrogens is 260 g/mol. The number of ether oxygens (including phenoxy) is 1. The van der Waals surface area contributed by atoms with Gasteiger partial charge in [0.15, 0.2) is 0 Å². The zero-order valence-corrected chi connectivity index (χ0v) is 11.9. The summed E-state index contributed by atoms with van der Waals surface area (Å²) < 4.78 is 31.3. The molecule has 17 heavy (non-hydrogen) atoms. The van der Waals surface area contributed by atoms with Crippen LogP contribution in [-0.4, -0.2) is 49.3 Å². The first-order valence-corrected chi connectivity index (χ1v) is 7.66. The molecule has 1 fully saturated rings. The smallest absolute Gasteiger partial charge is 0.223 e. The molecule has 0 amide bonds. The van der Waals surface area contributed by atoms with Crippen LogP contribution < -0.4 is 5.73 Å². The molecule has 0 aromatic carbocycles. The summed E-state index contributed by atoms with van der Waals surface area (Å²) in [6.07, 6.45) is 1.86. The van der Waals surface area contributed by atoms with Gasteiger partial charge in [-0.2, -0.15) is 0 Å². The van der Waals surface area contributed by atoms with E-state index < -0.39 is 15.3 Å². The number of nitrogens with zero attached hydrogens (tertiary/aromatic N) is 1. The Morgan fingerprint density at radius 2 is 2.06 bits per heavy atom. The second kappa shape index (κ2) is 6.08. The molecular formula is C10H20N2O3S2. The van der Waals surface area contributed by atoms with Crippen LogP contribution >= 0.6 is 12.2 Å². The van der Waals surface area contributed by atoms with Crippen molar-refractivity contribution in [1.29, 1.82) is 0 Å². The summed E-state index contributed by atoms with van der Waals surface area (Å²) in [5.74, 6) is 0. The van der Waals surface area contributed by atoms with Crippen molar-refractivity contribution in [3.8, 4) is 0 Å². The van der Waals surface area contributed by atoms with Crippen LogP contribution in [0.3, 0.4) is 0 Å². The Bertz CT molecular complexity index is 364. The fourth-order valence-electron chi connectivity index (χ4n) is 2.02. The van der Waals surface area contributed by atoms with Gasteiger partial charge in [0, 0.05) is 26.3 Å². The second-order valence-corrected chi connectivity index (χ2v) is 6.85. The number of hydrogen-bond acceptors (Lipinski definition) is 4. The van der Waals surface area contributed by atoms with E-state index in [2.05, 4.69) is 0 Å². The molecule has 100 valence electrons. The van der Waals surface area contributed by atoms with Gasteiger partial charge in [0.1, 0.15) is 5.25 Å². The van der Waals surface area contributed by atoms with Crippen molar-refractivity contribution in [2.75, 3.05) is 20.3 Å². The highest BCUT2D eigenvalue weighted by Crippen LogP contribution is 2.20. The first-order valence-electron chi connectivity index (χ1n) is 5.75. The summed E-state index contributed by atoms with van der Waals surface area (Å²) in [7, 11) is -1.84. The van der Waals surface area contributed by atoms with E-state index in [1.807, 2.05) is 0 Å². The fourth-order valence-corrected chi connectivity index (χ4v) is 4.29. The van der Waals surface area contributed by atoms with Gasteiger partial charge in [0.25, 0.3) is 0 Å². The molecule has 1 saturated heterocycles. The predicted molar refractivity (Wildman–Crippen MR) is 71.4 cm³/mol. The highest BCUT2D eigenvalue weighted by molar-refractivity contribution is 7.92. The van der Waals surface area contributed by atoms with Crippen molar-refractivity contribution >= 4 is 27.2 Å². The van der Waals surface area contributed by atoms with Gasteiger partial charge in [0.2, 0.25) is 10.0 Å². The average Bonchev–Trinajstić information content (AvgIpc) is 2.29. The summed E-state index contributed by atoms with van der Waals surface area (Å²) in [6.45, 7) is 2.99. The quantitative estimate of drug-likeness (QED) is 0.742. The molecule has 1 heterocycles. The molecule has 1 atom stereocenters. The van der Waals surface area contributed by atoms with E-state index in [9.17, 15) is 8.42 Å². The van der Waals surface area contributed by atoms with Gasteiger partial charge < -0.3 is 10.5 Å². The Kier molecular flexibility index (Phi) is 5.30. The van der Waals surface area contributed by atoms with Crippen LogP contribution in [0.1, 0.15) is 26.2 Å². The first kappa shape index (κ1) is 14.8. The Hall–Kier alpha value is -0.240. The third-order valence-corrected chi connectivity index (χ3v) is 6.00. The Labute approximate surface area is 108 Å². The maximum Gasteiger partial charge on any atom is 0.223 e. The van der Waals surface area contributed by atoms with E-state index in [0.717, 1.165) is 12.8 Å². The van der Waals surface area contributed by atoms with Crippen LogP contribution in [0.25, 0.3) is 0 Å². The lowest BCUT2D eigenvalue weighted by Crippen LogP contribution is -2.48. The number of rotatable bonds is 5. The Balaban J connectivity index is 2.84. The number of thiocarbonyl (C=S) groups is 1. The molecule has 0 saturated carbocycles. The molecule has 0 spiro atoms. The largest absolute Gasteiger partial charge is 0.392 e. The molecule has 0 aromatic heterocycles. The highest BCUT2D eigenvalue weighted by Gasteiger charge is 2.35. The minimum atomic E-state index is -3.44. The van der Waals surface area contributed by atoms with Gasteiger partial charge in [-0.05, 0) is 19.3 Å². The van der Waals surface area contributed by atoms with Crippen molar-refractivity contribution in [3.63, 3.8) is 0 Å². The monoisotopic (exact) mass is 280 g/mol. The normalized spacial score (nSPS) is 20.4. The van der Waals surface area contributed by atoms with Crippen LogP contribution in [0.4, 0.5) is 0 Å². The lowest BCUT2D eigenvalue weighted by atomic mass is 10.1. The Morgan fingerprint density at radius 1 is 1.53 bits per heavy atom. The molecule has 0 aromatic rings. The third kappa shape index (κ3) is 3.37. The molecule has 5 nitrogen and oxygen atoms in total. The molecule has 7 heteroatoms. The average molecular weight is 280 g/mol. The lowest BCUT2D eigenvalue weighted by molar-refractivity contribution is 0.0631. The van der Waals surface area contributed by atoms with E-state index in [-0.39, 0.29) is 11.0 Å². The summed E-state index contributed by atoms with van der Waals surface area (Å²) in [4.78, 5) is 0.0476. The molecule has 0 bridgehead atoms. The van der Waals surface area contributed by atoms with Gasteiger partial charge in [0.05, 0.1) is 4.99 Å². The molecule has 1 aliphatic rings. The van der Waals surface area contributed by atoms with Crippen molar-refractivity contribution in [2.24, 2.45) is 5.73 Å². The zero-order chi connectivity index (χ0) is 13.1. The van der Waals surface area contributed by atoms with Crippen LogP contribution in [-0.2, 0) is 14.8 Å². The van der Waals surface area contributed by atoms with Crippen LogP contribution in [0.15, 0.2) is 0 Å². The fraction of sp³-hybridized carbons (Fsp3) is 0.900. The maximum absolute atomic E-state index is 12.3. The minimum absolute atomic E-state index is 0.00264. The maximum atomic E-state index is 12.3. The molecule has 0 aliphatic carbocycles. The zero-order valence-electron chi connectivity index (χ0n) is 10.3. The van der Waals surface area contributed by atoms with E-state index in [0.29, 0.717) is 19.6 Å². The van der Waals surface area contributed by atoms with Gasteiger partial charge in [-0.3, -0.25) is 0 Å². The minimum Gasteiger partial charge on any atom is -0.392 e. The van der Waals surface area contributed by atoms with Crippen LogP contribution in [0, 0.1) is 0 Å². The van der Waals surface area contributed by atoms with E-state index in [1.165, 1.54) is 4.31 Å². The van der Waals surface area contributed by atoms with Crippen molar-refractivity contribution in [3.05, 3.63) is 0 Å². The molecule has 1 rings (SSSR count). The van der Waals surface area contributed by atoms with Gasteiger partial charge in [-0.1, -0.05) is 19.1 Å². The SMILES string of the molecule is CCC(C(N)=S)S(=O)(=O)N(C)C1CCOCC1.